The molecular weight excluding hydrogens is 450 g/mol. The van der Waals surface area contributed by atoms with Gasteiger partial charge in [0, 0.05) is 19.8 Å². The number of nitrogen functional groups attached to an aromatic ring is 2. The minimum absolute atomic E-state index is 0.400. The summed E-state index contributed by atoms with van der Waals surface area (Å²) < 4.78 is 0. The molecule has 36 heavy (non-hydrogen) atoms. The van der Waals surface area contributed by atoms with Crippen molar-refractivity contribution < 1.29 is 0 Å². The quantitative estimate of drug-likeness (QED) is 0.204. The van der Waals surface area contributed by atoms with Crippen LogP contribution >= 0.6 is 0 Å². The first kappa shape index (κ1) is 24.2. The molecule has 0 heterocycles. The number of benzene rings is 4. The van der Waals surface area contributed by atoms with E-state index in [1.165, 1.54) is 0 Å². The molecule has 0 saturated heterocycles. The van der Waals surface area contributed by atoms with E-state index >= 15 is 0 Å². The Morgan fingerprint density at radius 1 is 0.528 bits per heavy atom. The largest absolute Gasteiger partial charge is 0.397 e. The monoisotopic (exact) mass is 477 g/mol. The van der Waals surface area contributed by atoms with Gasteiger partial charge in [0.25, 0.3) is 0 Å². The van der Waals surface area contributed by atoms with Crippen molar-refractivity contribution in [2.24, 2.45) is 30.7 Å². The average Bonchev–Trinajstić information content (AvgIpc) is 2.88. The van der Waals surface area contributed by atoms with Gasteiger partial charge in [0.15, 0.2) is 0 Å². The van der Waals surface area contributed by atoms with Crippen LogP contribution in [-0.2, 0) is 0 Å². The number of anilines is 3. The van der Waals surface area contributed by atoms with Gasteiger partial charge in [0.1, 0.15) is 11.4 Å². The van der Waals surface area contributed by atoms with Gasteiger partial charge in [0.05, 0.1) is 34.1 Å². The van der Waals surface area contributed by atoms with E-state index in [4.69, 9.17) is 11.5 Å². The molecule has 9 heteroatoms. The Morgan fingerprint density at radius 2 is 1.11 bits per heavy atom. The Morgan fingerprint density at radius 3 is 1.75 bits per heavy atom. The maximum Gasteiger partial charge on any atom is 0.111 e. The lowest BCUT2D eigenvalue weighted by atomic mass is 10.2. The van der Waals surface area contributed by atoms with Gasteiger partial charge in [-0.25, -0.2) is 0 Å². The molecule has 0 amide bonds. The number of azo groups is 3. The van der Waals surface area contributed by atoms with Crippen molar-refractivity contribution >= 4 is 51.2 Å². The second-order valence-electron chi connectivity index (χ2n) is 8.29. The van der Waals surface area contributed by atoms with E-state index in [2.05, 4.69) is 30.7 Å². The molecule has 0 radical (unpaired) electrons. The van der Waals surface area contributed by atoms with Crippen LogP contribution in [0.4, 0.5) is 51.2 Å². The first-order valence-corrected chi connectivity index (χ1v) is 11.3. The number of rotatable bonds is 7. The highest BCUT2D eigenvalue weighted by Crippen LogP contribution is 2.36. The first-order valence-electron chi connectivity index (χ1n) is 11.3. The highest BCUT2D eigenvalue weighted by molar-refractivity contribution is 5.77. The molecule has 0 aliphatic heterocycles. The van der Waals surface area contributed by atoms with Crippen molar-refractivity contribution in [3.63, 3.8) is 0 Å². The van der Waals surface area contributed by atoms with E-state index in [9.17, 15) is 0 Å². The molecule has 180 valence electrons. The maximum absolute atomic E-state index is 6.10. The third kappa shape index (κ3) is 6.15. The molecule has 0 aliphatic rings. The van der Waals surface area contributed by atoms with Gasteiger partial charge in [-0.2, -0.15) is 20.5 Å². The molecule has 0 saturated carbocycles. The molecule has 0 aliphatic carbocycles. The zero-order valence-electron chi connectivity index (χ0n) is 20.4. The third-order valence-electron chi connectivity index (χ3n) is 5.28. The second-order valence-corrected chi connectivity index (χ2v) is 8.29. The molecule has 0 bridgehead atoms. The number of hydrogen-bond donors (Lipinski definition) is 2. The van der Waals surface area contributed by atoms with Crippen LogP contribution in [0.15, 0.2) is 116 Å². The second kappa shape index (κ2) is 11.0. The van der Waals surface area contributed by atoms with Crippen LogP contribution in [-0.4, -0.2) is 14.1 Å². The molecule has 0 fully saturated rings. The van der Waals surface area contributed by atoms with Gasteiger partial charge < -0.3 is 16.4 Å². The van der Waals surface area contributed by atoms with Crippen LogP contribution in [0.1, 0.15) is 5.56 Å². The number of nitrogens with zero attached hydrogens (tertiary/aromatic N) is 7. The van der Waals surface area contributed by atoms with Crippen molar-refractivity contribution in [2.75, 3.05) is 30.5 Å². The lowest BCUT2D eigenvalue weighted by Crippen LogP contribution is -2.07. The van der Waals surface area contributed by atoms with Crippen LogP contribution in [0.2, 0.25) is 0 Å². The van der Waals surface area contributed by atoms with Gasteiger partial charge in [-0.1, -0.05) is 24.3 Å². The standard InChI is InChI=1S/C27H27N9/c1-18-14-21(12-13-25(18)33-31-20-10-7-11-22(15-20)36(2)3)32-35-27-17-26(23(28)16-24(27)29)34-30-19-8-5-4-6-9-19/h4-17H,28-29H2,1-3H3/b33-31+,34-30+,35-32+. The molecule has 0 unspecified atom stereocenters. The predicted molar refractivity (Wildman–Crippen MR) is 146 cm³/mol. The fourth-order valence-corrected chi connectivity index (χ4v) is 3.26. The minimum atomic E-state index is 0.400. The zero-order chi connectivity index (χ0) is 25.5. The Hall–Kier alpha value is -4.92. The molecular formula is C27H27N9. The third-order valence-corrected chi connectivity index (χ3v) is 5.28. The minimum Gasteiger partial charge on any atom is -0.397 e. The van der Waals surface area contributed by atoms with Crippen molar-refractivity contribution in [2.45, 2.75) is 6.92 Å². The summed E-state index contributed by atoms with van der Waals surface area (Å²) in [6, 6.07) is 26.1. The summed E-state index contributed by atoms with van der Waals surface area (Å²) in [7, 11) is 3.97. The summed E-state index contributed by atoms with van der Waals surface area (Å²) in [5, 5.41) is 25.8. The SMILES string of the molecule is Cc1cc(/N=N/c2cc(/N=N/c3ccccc3)c(N)cc2N)ccc1/N=N/c1cccc(N(C)C)c1. The van der Waals surface area contributed by atoms with Crippen molar-refractivity contribution in [3.8, 4) is 0 Å². The van der Waals surface area contributed by atoms with Crippen molar-refractivity contribution in [1.29, 1.82) is 0 Å². The van der Waals surface area contributed by atoms with Gasteiger partial charge in [-0.05, 0) is 73.2 Å². The van der Waals surface area contributed by atoms with Crippen LogP contribution < -0.4 is 16.4 Å². The van der Waals surface area contributed by atoms with E-state index in [1.54, 1.807) is 12.1 Å². The Kier molecular flexibility index (Phi) is 7.40. The lowest BCUT2D eigenvalue weighted by Gasteiger charge is -2.11. The van der Waals surface area contributed by atoms with E-state index in [1.807, 2.05) is 98.7 Å². The van der Waals surface area contributed by atoms with Crippen LogP contribution in [0.5, 0.6) is 0 Å². The number of hydrogen-bond acceptors (Lipinski definition) is 9. The van der Waals surface area contributed by atoms with E-state index < -0.39 is 0 Å². The predicted octanol–water partition coefficient (Wildman–Crippen LogP) is 8.47. The molecule has 4 aromatic carbocycles. The van der Waals surface area contributed by atoms with Gasteiger partial charge in [0.2, 0.25) is 0 Å². The summed E-state index contributed by atoms with van der Waals surface area (Å²) in [5.41, 5.74) is 18.8. The normalized spacial score (nSPS) is 11.6. The van der Waals surface area contributed by atoms with Crippen LogP contribution in [0, 0.1) is 6.92 Å². The number of aryl methyl sites for hydroxylation is 1. The molecule has 4 aromatic rings. The summed E-state index contributed by atoms with van der Waals surface area (Å²) >= 11 is 0. The summed E-state index contributed by atoms with van der Waals surface area (Å²) in [5.74, 6) is 0. The Bertz CT molecular complexity index is 1440. The van der Waals surface area contributed by atoms with Crippen molar-refractivity contribution in [3.05, 3.63) is 90.5 Å². The molecule has 9 nitrogen and oxygen atoms in total. The van der Waals surface area contributed by atoms with Crippen LogP contribution in [0.25, 0.3) is 0 Å². The van der Waals surface area contributed by atoms with Crippen molar-refractivity contribution in [1.82, 2.24) is 0 Å². The lowest BCUT2D eigenvalue weighted by molar-refractivity contribution is 1.12. The van der Waals surface area contributed by atoms with E-state index in [-0.39, 0.29) is 0 Å². The first-order chi connectivity index (χ1) is 17.4. The van der Waals surface area contributed by atoms with Gasteiger partial charge in [-0.3, -0.25) is 0 Å². The highest BCUT2D eigenvalue weighted by Gasteiger charge is 2.06. The molecule has 0 spiro atoms. The van der Waals surface area contributed by atoms with Gasteiger partial charge >= 0.3 is 0 Å². The van der Waals surface area contributed by atoms with Crippen LogP contribution in [0.3, 0.4) is 0 Å². The number of nitrogens with two attached hydrogens (primary N) is 2. The maximum atomic E-state index is 6.10. The molecule has 0 atom stereocenters. The summed E-state index contributed by atoms with van der Waals surface area (Å²) in [6.07, 6.45) is 0. The fraction of sp³-hybridized carbons (Fsp3) is 0.111. The fourth-order valence-electron chi connectivity index (χ4n) is 3.26. The zero-order valence-corrected chi connectivity index (χ0v) is 20.4. The van der Waals surface area contributed by atoms with E-state index in [0.717, 1.165) is 28.3 Å². The topological polar surface area (TPSA) is 129 Å². The molecule has 0 aromatic heterocycles. The highest BCUT2D eigenvalue weighted by atomic mass is 15.1. The smallest absolute Gasteiger partial charge is 0.111 e. The Balaban J connectivity index is 1.51. The summed E-state index contributed by atoms with van der Waals surface area (Å²) in [4.78, 5) is 2.02. The Labute approximate surface area is 209 Å². The average molecular weight is 478 g/mol. The molecule has 4 rings (SSSR count). The van der Waals surface area contributed by atoms with Gasteiger partial charge in [-0.15, -0.1) is 10.2 Å². The summed E-state index contributed by atoms with van der Waals surface area (Å²) in [6.45, 7) is 1.95. The van der Waals surface area contributed by atoms with E-state index in [0.29, 0.717) is 28.4 Å². The molecule has 4 N–H and O–H groups in total.